The quantitative estimate of drug-likeness (QED) is 0.232. The van der Waals surface area contributed by atoms with Crippen LogP contribution in [0.1, 0.15) is 111 Å². The molecule has 3 aliphatic carbocycles. The lowest BCUT2D eigenvalue weighted by atomic mass is 9.64. The van der Waals surface area contributed by atoms with Crippen LogP contribution in [0, 0.1) is 5.41 Å². The largest absolute Gasteiger partial charge is 0.450 e. The summed E-state index contributed by atoms with van der Waals surface area (Å²) < 4.78 is 52.2. The number of benzene rings is 2. The van der Waals surface area contributed by atoms with Crippen LogP contribution in [0.2, 0.25) is 0 Å². The monoisotopic (exact) mass is 671 g/mol. The Morgan fingerprint density at radius 3 is 2.60 bits per heavy atom. The highest BCUT2D eigenvalue weighted by Gasteiger charge is 2.58. The van der Waals surface area contributed by atoms with Gasteiger partial charge in [-0.3, -0.25) is 4.79 Å². The molecule has 5 atom stereocenters. The third-order valence-corrected chi connectivity index (χ3v) is 10.8. The van der Waals surface area contributed by atoms with E-state index in [2.05, 4.69) is 6.08 Å². The van der Waals surface area contributed by atoms with Crippen LogP contribution in [0.5, 0.6) is 0 Å². The van der Waals surface area contributed by atoms with Crippen LogP contribution in [-0.4, -0.2) is 71.1 Å². The van der Waals surface area contributed by atoms with Crippen molar-refractivity contribution >= 4 is 11.9 Å². The highest BCUT2D eigenvalue weighted by Crippen LogP contribution is 2.59. The molecular weight excluding hydrogens is 623 g/mol. The van der Waals surface area contributed by atoms with Gasteiger partial charge in [-0.25, -0.2) is 4.79 Å². The van der Waals surface area contributed by atoms with Crippen LogP contribution >= 0.6 is 0 Å². The number of allylic oxidation sites excluding steroid dienone is 2. The summed E-state index contributed by atoms with van der Waals surface area (Å²) in [5, 5.41) is 23.5. The zero-order valence-electron chi connectivity index (χ0n) is 28.2. The predicted molar refractivity (Wildman–Crippen MR) is 176 cm³/mol. The van der Waals surface area contributed by atoms with Crippen LogP contribution in [0.25, 0.3) is 0 Å². The Kier molecular flexibility index (Phi) is 11.1. The number of rotatable bonds is 7. The molecule has 0 aromatic heterocycles. The Labute approximate surface area is 281 Å². The number of hydrogen-bond acceptors (Lipinski definition) is 6. The fraction of sp³-hybridized carbons (Fsp3) is 0.579. The number of carbonyl (C=O) groups excluding carboxylic acids is 2. The van der Waals surface area contributed by atoms with E-state index in [9.17, 15) is 33.0 Å². The molecule has 0 radical (unpaired) electrons. The fourth-order valence-corrected chi connectivity index (χ4v) is 7.96. The molecule has 1 saturated carbocycles. The van der Waals surface area contributed by atoms with Crippen LogP contribution in [0.3, 0.4) is 0 Å². The number of alkyl halides is 3. The number of carbonyl (C=O) groups is 2. The first-order chi connectivity index (χ1) is 22.7. The van der Waals surface area contributed by atoms with Crippen LogP contribution in [0.15, 0.2) is 54.1 Å². The summed E-state index contributed by atoms with van der Waals surface area (Å²) in [7, 11) is 0. The van der Waals surface area contributed by atoms with Gasteiger partial charge < -0.3 is 24.6 Å². The normalized spacial score (nSPS) is 28.0. The lowest BCUT2D eigenvalue weighted by molar-refractivity contribution is -0.137. The Morgan fingerprint density at radius 1 is 1.10 bits per heavy atom. The minimum absolute atomic E-state index is 0.0164. The van der Waals surface area contributed by atoms with Crippen molar-refractivity contribution in [1.82, 2.24) is 4.90 Å². The van der Waals surface area contributed by atoms with Gasteiger partial charge in [-0.1, -0.05) is 42.8 Å². The van der Waals surface area contributed by atoms with Crippen molar-refractivity contribution < 1.29 is 42.4 Å². The number of fused-ring (bicyclic) bond motifs is 8. The molecule has 1 saturated heterocycles. The predicted octanol–water partition coefficient (Wildman–Crippen LogP) is 7.61. The molecule has 2 N–H and O–H groups in total. The van der Waals surface area contributed by atoms with E-state index in [4.69, 9.17) is 9.47 Å². The minimum atomic E-state index is -4.61. The molecule has 2 aromatic rings. The van der Waals surface area contributed by atoms with E-state index < -0.39 is 40.7 Å². The zero-order chi connectivity index (χ0) is 34.7. The van der Waals surface area contributed by atoms with Gasteiger partial charge in [-0.2, -0.15) is 13.2 Å². The molecule has 48 heavy (non-hydrogen) atoms. The van der Waals surface area contributed by atoms with E-state index in [1.165, 1.54) is 12.1 Å². The fourth-order valence-electron chi connectivity index (χ4n) is 7.96. The van der Waals surface area contributed by atoms with E-state index in [1.807, 2.05) is 26.0 Å². The van der Waals surface area contributed by atoms with E-state index >= 15 is 0 Å². The Hall–Kier alpha value is -3.21. The van der Waals surface area contributed by atoms with Crippen molar-refractivity contribution in [2.45, 2.75) is 108 Å². The van der Waals surface area contributed by atoms with E-state index in [0.717, 1.165) is 30.5 Å². The van der Waals surface area contributed by atoms with Gasteiger partial charge in [-0.05, 0) is 107 Å². The van der Waals surface area contributed by atoms with E-state index in [1.54, 1.807) is 17.9 Å². The molecular formula is C38H48F3NO6. The average Bonchev–Trinajstić information content (AvgIpc) is 3.64. The first-order valence-corrected chi connectivity index (χ1v) is 17.2. The standard InChI is InChI=1S/C38H48F3NO6/c1-4-47-35(45)42(23-30-11-7-19-48-30)24-37(46)18-16-33-31-15-13-26(20-29(43)14-12-25(2)8-6-17-36(33,37)3)21-32(31)34(44)27-9-5-10-28(22-27)38(39,40)41/h5,8-10,13,15,21-22,29-30,33,43,46H,4,6-7,11-12,14,16-20,23-24H2,1-3H3. The smallest absolute Gasteiger partial charge is 0.416 e. The number of aliphatic hydroxyl groups excluding tert-OH is 1. The summed E-state index contributed by atoms with van der Waals surface area (Å²) in [6.07, 6.45) is 1.37. The number of halogens is 3. The second kappa shape index (κ2) is 14.7. The third kappa shape index (κ3) is 7.81. The van der Waals surface area contributed by atoms with Gasteiger partial charge >= 0.3 is 12.3 Å². The van der Waals surface area contributed by atoms with Gasteiger partial charge in [0.2, 0.25) is 0 Å². The highest BCUT2D eigenvalue weighted by atomic mass is 19.4. The van der Waals surface area contributed by atoms with Crippen molar-refractivity contribution in [2.75, 3.05) is 26.3 Å². The summed E-state index contributed by atoms with van der Waals surface area (Å²) in [6, 6.07) is 9.87. The molecule has 0 spiro atoms. The van der Waals surface area contributed by atoms with Crippen molar-refractivity contribution in [3.63, 3.8) is 0 Å². The maximum atomic E-state index is 14.2. The molecule has 1 amide bonds. The zero-order valence-corrected chi connectivity index (χ0v) is 28.2. The first-order valence-electron chi connectivity index (χ1n) is 17.2. The summed E-state index contributed by atoms with van der Waals surface area (Å²) in [4.78, 5) is 29.0. The molecule has 6 rings (SSSR count). The molecule has 1 heterocycles. The summed E-state index contributed by atoms with van der Waals surface area (Å²) >= 11 is 0. The van der Waals surface area contributed by atoms with Crippen molar-refractivity contribution in [2.24, 2.45) is 5.41 Å². The SMILES string of the molecule is CCOC(=O)N(CC1CCCO1)CC1(O)CCC2c3ccc(cc3C(=O)c3cccc(C(F)(F)F)c3)CC(O)CCC(C)=CCCC21C. The van der Waals surface area contributed by atoms with Crippen LogP contribution in [-0.2, 0) is 22.1 Å². The third-order valence-electron chi connectivity index (χ3n) is 10.8. The summed E-state index contributed by atoms with van der Waals surface area (Å²) in [5.74, 6) is -0.894. The van der Waals surface area contributed by atoms with Gasteiger partial charge in [-0.15, -0.1) is 0 Å². The average molecular weight is 672 g/mol. The topological polar surface area (TPSA) is 96.3 Å². The van der Waals surface area contributed by atoms with Gasteiger partial charge in [0.05, 0.1) is 43.1 Å². The molecule has 2 bridgehead atoms. The molecule has 2 fully saturated rings. The number of amides is 1. The Bertz CT molecular complexity index is 1500. The lowest BCUT2D eigenvalue weighted by Gasteiger charge is -2.46. The van der Waals surface area contributed by atoms with E-state index in [0.29, 0.717) is 62.7 Å². The van der Waals surface area contributed by atoms with Crippen molar-refractivity contribution in [3.8, 4) is 0 Å². The van der Waals surface area contributed by atoms with Gasteiger partial charge in [0.15, 0.2) is 5.78 Å². The second-order valence-electron chi connectivity index (χ2n) is 14.1. The molecule has 4 aliphatic rings. The number of ketones is 1. The molecule has 1 aliphatic heterocycles. The summed E-state index contributed by atoms with van der Waals surface area (Å²) in [6.45, 7) is 6.88. The molecule has 262 valence electrons. The van der Waals surface area contributed by atoms with Crippen molar-refractivity contribution in [3.05, 3.63) is 81.9 Å². The molecule has 5 unspecified atom stereocenters. The Morgan fingerprint density at radius 2 is 1.90 bits per heavy atom. The summed E-state index contributed by atoms with van der Waals surface area (Å²) in [5.41, 5.74) is -0.432. The second-order valence-corrected chi connectivity index (χ2v) is 14.1. The van der Waals surface area contributed by atoms with Gasteiger partial charge in [0, 0.05) is 23.1 Å². The first kappa shape index (κ1) is 36.1. The van der Waals surface area contributed by atoms with E-state index in [-0.39, 0.29) is 42.8 Å². The Balaban J connectivity index is 1.59. The number of nitrogens with zero attached hydrogens (tertiary/aromatic N) is 1. The van der Waals surface area contributed by atoms with Crippen molar-refractivity contribution in [1.29, 1.82) is 0 Å². The lowest BCUT2D eigenvalue weighted by Crippen LogP contribution is -2.55. The highest BCUT2D eigenvalue weighted by molar-refractivity contribution is 6.10. The van der Waals surface area contributed by atoms with Gasteiger partial charge in [0.25, 0.3) is 0 Å². The maximum absolute atomic E-state index is 14.2. The number of hydrogen-bond donors (Lipinski definition) is 2. The molecule has 7 nitrogen and oxygen atoms in total. The van der Waals surface area contributed by atoms with Crippen LogP contribution in [0.4, 0.5) is 18.0 Å². The molecule has 2 aromatic carbocycles. The number of aliphatic hydroxyl groups is 2. The minimum Gasteiger partial charge on any atom is -0.450 e. The van der Waals surface area contributed by atoms with Crippen LogP contribution < -0.4 is 0 Å². The van der Waals surface area contributed by atoms with Gasteiger partial charge in [0.1, 0.15) is 0 Å². The number of ether oxygens (including phenoxy) is 2. The maximum Gasteiger partial charge on any atom is 0.416 e. The molecule has 10 heteroatoms.